The minimum atomic E-state index is -2.47. The van der Waals surface area contributed by atoms with Crippen molar-refractivity contribution in [2.45, 2.75) is 39.2 Å². The molecule has 0 aliphatic rings. The van der Waals surface area contributed by atoms with E-state index in [0.717, 1.165) is 18.4 Å². The second-order valence-electron chi connectivity index (χ2n) is 5.22. The number of alkyl halides is 2. The SMILES string of the molecule is C=C(CCC)c1cc(CC(F)F)n(Cc2ccccc2F)n1. The van der Waals surface area contributed by atoms with Gasteiger partial charge in [-0.15, -0.1) is 0 Å². The minimum Gasteiger partial charge on any atom is -0.264 e. The molecule has 0 saturated carbocycles. The number of halogens is 3. The molecule has 0 unspecified atom stereocenters. The predicted octanol–water partition coefficient (Wildman–Crippen LogP) is 4.69. The fourth-order valence-electron chi connectivity index (χ4n) is 2.31. The lowest BCUT2D eigenvalue weighted by atomic mass is 10.1. The van der Waals surface area contributed by atoms with Crippen LogP contribution in [0, 0.1) is 5.82 Å². The summed E-state index contributed by atoms with van der Waals surface area (Å²) in [6.45, 7) is 6.08. The quantitative estimate of drug-likeness (QED) is 0.725. The zero-order valence-electron chi connectivity index (χ0n) is 12.5. The summed E-state index contributed by atoms with van der Waals surface area (Å²) in [5, 5.41) is 4.34. The first kappa shape index (κ1) is 16.3. The number of hydrogen-bond donors (Lipinski definition) is 0. The molecule has 2 nitrogen and oxygen atoms in total. The highest BCUT2D eigenvalue weighted by Crippen LogP contribution is 2.21. The van der Waals surface area contributed by atoms with E-state index in [2.05, 4.69) is 11.7 Å². The summed E-state index contributed by atoms with van der Waals surface area (Å²) in [6, 6.07) is 7.92. The number of hydrogen-bond acceptors (Lipinski definition) is 1. The largest absolute Gasteiger partial charge is 0.264 e. The van der Waals surface area contributed by atoms with Crippen LogP contribution in [0.25, 0.3) is 5.57 Å². The van der Waals surface area contributed by atoms with Gasteiger partial charge in [0.25, 0.3) is 0 Å². The van der Waals surface area contributed by atoms with Crippen molar-refractivity contribution in [1.82, 2.24) is 9.78 Å². The highest BCUT2D eigenvalue weighted by Gasteiger charge is 2.15. The summed E-state index contributed by atoms with van der Waals surface area (Å²) < 4.78 is 40.7. The first-order chi connectivity index (χ1) is 10.5. The van der Waals surface area contributed by atoms with Gasteiger partial charge in [0.2, 0.25) is 6.43 Å². The van der Waals surface area contributed by atoms with Crippen molar-refractivity contribution in [1.29, 1.82) is 0 Å². The Morgan fingerprint density at radius 3 is 2.68 bits per heavy atom. The standard InChI is InChI=1S/C17H19F3N2/c1-3-6-12(2)16-9-14(10-17(19)20)22(21-16)11-13-7-4-5-8-15(13)18/h4-5,7-9,17H,2-3,6,10-11H2,1H3. The molecule has 0 aliphatic carbocycles. The van der Waals surface area contributed by atoms with Crippen molar-refractivity contribution in [3.63, 3.8) is 0 Å². The molecule has 2 aromatic rings. The van der Waals surface area contributed by atoms with E-state index in [4.69, 9.17) is 0 Å². The van der Waals surface area contributed by atoms with E-state index in [1.807, 2.05) is 6.92 Å². The lowest BCUT2D eigenvalue weighted by Crippen LogP contribution is -2.10. The molecular formula is C17H19F3N2. The van der Waals surface area contributed by atoms with Gasteiger partial charge in [-0.2, -0.15) is 5.10 Å². The summed E-state index contributed by atoms with van der Waals surface area (Å²) in [5.74, 6) is -0.366. The van der Waals surface area contributed by atoms with Crippen LogP contribution in [-0.4, -0.2) is 16.2 Å². The van der Waals surface area contributed by atoms with Gasteiger partial charge in [0.05, 0.1) is 18.7 Å². The molecule has 5 heteroatoms. The number of aromatic nitrogens is 2. The number of rotatable bonds is 7. The van der Waals surface area contributed by atoms with Crippen LogP contribution in [0.15, 0.2) is 36.9 Å². The van der Waals surface area contributed by atoms with Gasteiger partial charge in [0, 0.05) is 11.3 Å². The van der Waals surface area contributed by atoms with Crippen molar-refractivity contribution < 1.29 is 13.2 Å². The van der Waals surface area contributed by atoms with Gasteiger partial charge >= 0.3 is 0 Å². The first-order valence-electron chi connectivity index (χ1n) is 7.27. The molecule has 22 heavy (non-hydrogen) atoms. The van der Waals surface area contributed by atoms with Gasteiger partial charge in [0.15, 0.2) is 0 Å². The second-order valence-corrected chi connectivity index (χ2v) is 5.22. The molecule has 0 amide bonds. The number of allylic oxidation sites excluding steroid dienone is 1. The van der Waals surface area contributed by atoms with Crippen LogP contribution >= 0.6 is 0 Å². The molecule has 2 rings (SSSR count). The maximum Gasteiger partial charge on any atom is 0.244 e. The first-order valence-corrected chi connectivity index (χ1v) is 7.27. The van der Waals surface area contributed by atoms with Gasteiger partial charge in [0.1, 0.15) is 5.82 Å². The van der Waals surface area contributed by atoms with Gasteiger partial charge < -0.3 is 0 Å². The highest BCUT2D eigenvalue weighted by atomic mass is 19.3. The third-order valence-corrected chi connectivity index (χ3v) is 3.42. The Morgan fingerprint density at radius 1 is 1.32 bits per heavy atom. The Kier molecular flexibility index (Phi) is 5.41. The number of nitrogens with zero attached hydrogens (tertiary/aromatic N) is 2. The summed E-state index contributed by atoms with van der Waals surface area (Å²) in [6.07, 6.45) is -1.21. The summed E-state index contributed by atoms with van der Waals surface area (Å²) in [7, 11) is 0. The van der Waals surface area contributed by atoms with Crippen molar-refractivity contribution in [2.75, 3.05) is 0 Å². The molecule has 0 atom stereocenters. The zero-order valence-corrected chi connectivity index (χ0v) is 12.5. The fraction of sp³-hybridized carbons (Fsp3) is 0.353. The molecule has 0 bridgehead atoms. The highest BCUT2D eigenvalue weighted by molar-refractivity contribution is 5.60. The van der Waals surface area contributed by atoms with Crippen LogP contribution in [0.2, 0.25) is 0 Å². The predicted molar refractivity (Wildman–Crippen MR) is 81.4 cm³/mol. The van der Waals surface area contributed by atoms with Crippen molar-refractivity contribution in [2.24, 2.45) is 0 Å². The molecular weight excluding hydrogens is 289 g/mol. The Bertz CT molecular complexity index is 647. The zero-order chi connectivity index (χ0) is 16.1. The lowest BCUT2D eigenvalue weighted by molar-refractivity contribution is 0.146. The molecule has 0 fully saturated rings. The lowest BCUT2D eigenvalue weighted by Gasteiger charge is -2.08. The topological polar surface area (TPSA) is 17.8 Å². The van der Waals surface area contributed by atoms with Crippen LogP contribution in [0.5, 0.6) is 0 Å². The monoisotopic (exact) mass is 308 g/mol. The third kappa shape index (κ3) is 4.00. The molecule has 1 aromatic carbocycles. The van der Waals surface area contributed by atoms with Crippen LogP contribution in [-0.2, 0) is 13.0 Å². The van der Waals surface area contributed by atoms with Crippen LogP contribution in [0.3, 0.4) is 0 Å². The Balaban J connectivity index is 2.31. The maximum absolute atomic E-state index is 13.7. The van der Waals surface area contributed by atoms with E-state index < -0.39 is 12.8 Å². The Morgan fingerprint density at radius 2 is 2.05 bits per heavy atom. The number of benzene rings is 1. The van der Waals surface area contributed by atoms with Crippen LogP contribution < -0.4 is 0 Å². The molecule has 0 aliphatic heterocycles. The van der Waals surface area contributed by atoms with Crippen LogP contribution in [0.4, 0.5) is 13.2 Å². The maximum atomic E-state index is 13.7. The Labute approximate surface area is 128 Å². The van der Waals surface area contributed by atoms with Crippen molar-refractivity contribution in [3.8, 4) is 0 Å². The summed E-state index contributed by atoms with van der Waals surface area (Å²) in [4.78, 5) is 0. The van der Waals surface area contributed by atoms with E-state index >= 15 is 0 Å². The molecule has 0 spiro atoms. The molecule has 1 heterocycles. The second kappa shape index (κ2) is 7.29. The van der Waals surface area contributed by atoms with Crippen molar-refractivity contribution >= 4 is 5.57 Å². The van der Waals surface area contributed by atoms with Gasteiger partial charge in [-0.3, -0.25) is 4.68 Å². The Hall–Kier alpha value is -2.04. The van der Waals surface area contributed by atoms with Gasteiger partial charge in [-0.05, 0) is 24.1 Å². The molecule has 0 N–H and O–H groups in total. The summed E-state index contributed by atoms with van der Waals surface area (Å²) >= 11 is 0. The summed E-state index contributed by atoms with van der Waals surface area (Å²) in [5.41, 5.74) is 2.23. The molecule has 118 valence electrons. The minimum absolute atomic E-state index is 0.133. The average molecular weight is 308 g/mol. The fourth-order valence-corrected chi connectivity index (χ4v) is 2.31. The third-order valence-electron chi connectivity index (χ3n) is 3.42. The normalized spacial score (nSPS) is 11.1. The van der Waals surface area contributed by atoms with E-state index in [1.54, 1.807) is 24.3 Å². The van der Waals surface area contributed by atoms with E-state index in [0.29, 0.717) is 17.0 Å². The van der Waals surface area contributed by atoms with Gasteiger partial charge in [-0.1, -0.05) is 38.1 Å². The smallest absolute Gasteiger partial charge is 0.244 e. The molecule has 0 radical (unpaired) electrons. The van der Waals surface area contributed by atoms with Crippen LogP contribution in [0.1, 0.15) is 36.7 Å². The van der Waals surface area contributed by atoms with E-state index in [1.165, 1.54) is 10.7 Å². The molecule has 0 saturated heterocycles. The molecule has 1 aromatic heterocycles. The average Bonchev–Trinajstić information content (AvgIpc) is 2.84. The van der Waals surface area contributed by atoms with Crippen molar-refractivity contribution in [3.05, 3.63) is 59.7 Å². The van der Waals surface area contributed by atoms with E-state index in [-0.39, 0.29) is 12.4 Å². The van der Waals surface area contributed by atoms with E-state index in [9.17, 15) is 13.2 Å². The van der Waals surface area contributed by atoms with Gasteiger partial charge in [-0.25, -0.2) is 13.2 Å².